The van der Waals surface area contributed by atoms with Crippen LogP contribution in [-0.2, 0) is 4.79 Å². The quantitative estimate of drug-likeness (QED) is 0.709. The van der Waals surface area contributed by atoms with Crippen LogP contribution in [0.4, 0.5) is 10.2 Å². The van der Waals surface area contributed by atoms with Crippen LogP contribution in [0.15, 0.2) is 35.1 Å². The third-order valence-electron chi connectivity index (χ3n) is 5.46. The number of hydrogen-bond donors (Lipinski definition) is 1. The molecule has 1 aromatic carbocycles. The highest BCUT2D eigenvalue weighted by Gasteiger charge is 2.29. The van der Waals surface area contributed by atoms with E-state index in [0.717, 1.165) is 31.4 Å². The first-order valence-electron chi connectivity index (χ1n) is 9.98. The number of halogens is 1. The van der Waals surface area contributed by atoms with Crippen molar-refractivity contribution in [3.8, 4) is 11.3 Å². The van der Waals surface area contributed by atoms with Crippen LogP contribution in [0.1, 0.15) is 33.1 Å². The molecule has 29 heavy (non-hydrogen) atoms. The number of fused-ring (bicyclic) bond motifs is 1. The van der Waals surface area contributed by atoms with E-state index in [1.54, 1.807) is 12.1 Å². The third-order valence-corrected chi connectivity index (χ3v) is 5.46. The smallest absolute Gasteiger partial charge is 0.263 e. The standard InChI is InChI=1S/C21H24FN5O2/c1-3-13(2)25-20(28)15-5-4-10-27(11-15)19-17-18(14-6-8-16(22)9-7-14)26-29-21(17)24-12-23-19/h6-9,12-13,15H,3-5,10-11H2,1-2H3,(H,25,28)/t13-,15-/m1/s1. The maximum atomic E-state index is 13.3. The molecule has 0 radical (unpaired) electrons. The summed E-state index contributed by atoms with van der Waals surface area (Å²) in [6, 6.07) is 6.24. The van der Waals surface area contributed by atoms with Crippen molar-refractivity contribution >= 4 is 22.8 Å². The monoisotopic (exact) mass is 397 g/mol. The van der Waals surface area contributed by atoms with Crippen LogP contribution in [0.3, 0.4) is 0 Å². The number of carbonyl (C=O) groups excluding carboxylic acids is 1. The van der Waals surface area contributed by atoms with Crippen LogP contribution in [0.2, 0.25) is 0 Å². The molecule has 0 unspecified atom stereocenters. The van der Waals surface area contributed by atoms with Gasteiger partial charge in [0.25, 0.3) is 5.71 Å². The lowest BCUT2D eigenvalue weighted by atomic mass is 9.96. The molecule has 2 aromatic heterocycles. The molecule has 1 aliphatic rings. The van der Waals surface area contributed by atoms with Gasteiger partial charge < -0.3 is 14.7 Å². The van der Waals surface area contributed by atoms with E-state index in [0.29, 0.717) is 29.2 Å². The van der Waals surface area contributed by atoms with Crippen LogP contribution in [0, 0.1) is 11.7 Å². The normalized spacial score (nSPS) is 18.0. The molecule has 4 rings (SSSR count). The van der Waals surface area contributed by atoms with Gasteiger partial charge >= 0.3 is 0 Å². The molecule has 152 valence electrons. The lowest BCUT2D eigenvalue weighted by Crippen LogP contribution is -2.45. The topological polar surface area (TPSA) is 84.2 Å². The van der Waals surface area contributed by atoms with Crippen molar-refractivity contribution in [2.75, 3.05) is 18.0 Å². The predicted octanol–water partition coefficient (Wildman–Crippen LogP) is 3.56. The average Bonchev–Trinajstić information content (AvgIpc) is 3.18. The van der Waals surface area contributed by atoms with Gasteiger partial charge in [-0.15, -0.1) is 0 Å². The molecule has 1 aliphatic heterocycles. The molecule has 1 N–H and O–H groups in total. The van der Waals surface area contributed by atoms with E-state index in [1.807, 2.05) is 6.92 Å². The number of benzene rings is 1. The van der Waals surface area contributed by atoms with Crippen LogP contribution in [0.25, 0.3) is 22.4 Å². The zero-order valence-electron chi connectivity index (χ0n) is 16.6. The largest absolute Gasteiger partial charge is 0.355 e. The summed E-state index contributed by atoms with van der Waals surface area (Å²) in [5.74, 6) is 0.358. The summed E-state index contributed by atoms with van der Waals surface area (Å²) in [6.07, 6.45) is 4.08. The summed E-state index contributed by atoms with van der Waals surface area (Å²) in [4.78, 5) is 23.4. The molecule has 7 nitrogen and oxygen atoms in total. The summed E-state index contributed by atoms with van der Waals surface area (Å²) in [5, 5.41) is 7.91. The van der Waals surface area contributed by atoms with Crippen molar-refractivity contribution in [2.24, 2.45) is 5.92 Å². The first kappa shape index (κ1) is 19.3. The molecular formula is C21H24FN5O2. The van der Waals surface area contributed by atoms with Gasteiger partial charge in [-0.2, -0.15) is 4.98 Å². The molecule has 1 saturated heterocycles. The maximum Gasteiger partial charge on any atom is 0.263 e. The highest BCUT2D eigenvalue weighted by atomic mass is 19.1. The highest BCUT2D eigenvalue weighted by Crippen LogP contribution is 2.34. The number of anilines is 1. The SMILES string of the molecule is CC[C@@H](C)NC(=O)[C@@H]1CCCN(c2ncnc3onc(-c4ccc(F)cc4)c23)C1. The third kappa shape index (κ3) is 3.92. The molecule has 8 heteroatoms. The van der Waals surface area contributed by atoms with Crippen LogP contribution < -0.4 is 10.2 Å². The second-order valence-electron chi connectivity index (χ2n) is 7.52. The van der Waals surface area contributed by atoms with Crippen molar-refractivity contribution in [1.82, 2.24) is 20.4 Å². The van der Waals surface area contributed by atoms with E-state index in [-0.39, 0.29) is 23.7 Å². The Balaban J connectivity index is 1.66. The number of nitrogens with one attached hydrogen (secondary N) is 1. The molecular weight excluding hydrogens is 373 g/mol. The number of carbonyl (C=O) groups is 1. The van der Waals surface area contributed by atoms with Gasteiger partial charge in [0.05, 0.1) is 5.92 Å². The molecule has 3 aromatic rings. The lowest BCUT2D eigenvalue weighted by molar-refractivity contribution is -0.125. The zero-order chi connectivity index (χ0) is 20.4. The van der Waals surface area contributed by atoms with Crippen LogP contribution in [0.5, 0.6) is 0 Å². The van der Waals surface area contributed by atoms with Gasteiger partial charge in [-0.1, -0.05) is 12.1 Å². The van der Waals surface area contributed by atoms with E-state index >= 15 is 0 Å². The molecule has 0 aliphatic carbocycles. The van der Waals surface area contributed by atoms with Crippen molar-refractivity contribution in [2.45, 2.75) is 39.2 Å². The van der Waals surface area contributed by atoms with Gasteiger partial charge in [0.15, 0.2) is 0 Å². The first-order chi connectivity index (χ1) is 14.1. The zero-order valence-corrected chi connectivity index (χ0v) is 16.6. The van der Waals surface area contributed by atoms with Gasteiger partial charge in [-0.05, 0) is 50.5 Å². The summed E-state index contributed by atoms with van der Waals surface area (Å²) >= 11 is 0. The number of rotatable bonds is 5. The second-order valence-corrected chi connectivity index (χ2v) is 7.52. The van der Waals surface area contributed by atoms with E-state index in [4.69, 9.17) is 4.52 Å². The van der Waals surface area contributed by atoms with Crippen molar-refractivity contribution in [3.63, 3.8) is 0 Å². The number of piperidine rings is 1. The predicted molar refractivity (Wildman–Crippen MR) is 108 cm³/mol. The fraction of sp³-hybridized carbons (Fsp3) is 0.429. The Bertz CT molecular complexity index is 1000. The van der Waals surface area contributed by atoms with Crippen molar-refractivity contribution < 1.29 is 13.7 Å². The Morgan fingerprint density at radius 1 is 1.34 bits per heavy atom. The van der Waals surface area contributed by atoms with Crippen molar-refractivity contribution in [3.05, 3.63) is 36.4 Å². The summed E-state index contributed by atoms with van der Waals surface area (Å²) in [5.41, 5.74) is 1.67. The van der Waals surface area contributed by atoms with E-state index < -0.39 is 0 Å². The molecule has 1 fully saturated rings. The Labute approximate surface area is 168 Å². The number of aromatic nitrogens is 3. The molecule has 3 heterocycles. The summed E-state index contributed by atoms with van der Waals surface area (Å²) in [6.45, 7) is 5.42. The Kier molecular flexibility index (Phi) is 5.42. The van der Waals surface area contributed by atoms with E-state index in [9.17, 15) is 9.18 Å². The van der Waals surface area contributed by atoms with Crippen LogP contribution in [-0.4, -0.2) is 40.2 Å². The lowest BCUT2D eigenvalue weighted by Gasteiger charge is -2.33. The minimum atomic E-state index is -0.316. The molecule has 1 amide bonds. The summed E-state index contributed by atoms with van der Waals surface area (Å²) in [7, 11) is 0. The Morgan fingerprint density at radius 3 is 2.90 bits per heavy atom. The minimum absolute atomic E-state index is 0.0819. The number of amides is 1. The fourth-order valence-corrected chi connectivity index (χ4v) is 3.66. The maximum absolute atomic E-state index is 13.3. The van der Waals surface area contributed by atoms with Crippen molar-refractivity contribution in [1.29, 1.82) is 0 Å². The van der Waals surface area contributed by atoms with Gasteiger partial charge in [0.1, 0.15) is 29.0 Å². The van der Waals surface area contributed by atoms with Gasteiger partial charge in [-0.25, -0.2) is 9.37 Å². The van der Waals surface area contributed by atoms with E-state index in [2.05, 4.69) is 32.3 Å². The average molecular weight is 397 g/mol. The highest BCUT2D eigenvalue weighted by molar-refractivity contribution is 5.98. The first-order valence-corrected chi connectivity index (χ1v) is 9.98. The number of nitrogens with zero attached hydrogens (tertiary/aromatic N) is 4. The Morgan fingerprint density at radius 2 is 2.14 bits per heavy atom. The van der Waals surface area contributed by atoms with Crippen LogP contribution >= 0.6 is 0 Å². The van der Waals surface area contributed by atoms with Gasteiger partial charge in [0, 0.05) is 24.7 Å². The van der Waals surface area contributed by atoms with E-state index in [1.165, 1.54) is 18.5 Å². The molecule has 0 saturated carbocycles. The molecule has 0 bridgehead atoms. The number of hydrogen-bond acceptors (Lipinski definition) is 6. The molecule has 0 spiro atoms. The second kappa shape index (κ2) is 8.14. The fourth-order valence-electron chi connectivity index (χ4n) is 3.66. The molecule has 2 atom stereocenters. The summed E-state index contributed by atoms with van der Waals surface area (Å²) < 4.78 is 18.7. The van der Waals surface area contributed by atoms with Gasteiger partial charge in [0.2, 0.25) is 5.91 Å². The van der Waals surface area contributed by atoms with Gasteiger partial charge in [-0.3, -0.25) is 4.79 Å². The minimum Gasteiger partial charge on any atom is -0.355 e. The Hall–Kier alpha value is -3.03.